The van der Waals surface area contributed by atoms with Gasteiger partial charge in [-0.15, -0.1) is 0 Å². The first kappa shape index (κ1) is 12.7. The van der Waals surface area contributed by atoms with Crippen molar-refractivity contribution in [3.8, 4) is 0 Å². The molecule has 0 aliphatic heterocycles. The molecule has 1 aliphatic carbocycles. The van der Waals surface area contributed by atoms with Crippen molar-refractivity contribution >= 4 is 27.4 Å². The van der Waals surface area contributed by atoms with E-state index in [1.54, 1.807) is 0 Å². The molecule has 1 aromatic heterocycles. The highest BCUT2D eigenvalue weighted by molar-refractivity contribution is 7.18. The maximum absolute atomic E-state index is 11.4. The summed E-state index contributed by atoms with van der Waals surface area (Å²) in [7, 11) is 0. The van der Waals surface area contributed by atoms with Crippen molar-refractivity contribution in [1.29, 1.82) is 0 Å². The normalized spacial score (nSPS) is 18.2. The third-order valence-corrected chi connectivity index (χ3v) is 4.00. The lowest BCUT2D eigenvalue weighted by molar-refractivity contribution is -0.380. The van der Waals surface area contributed by atoms with Crippen LogP contribution in [0, 0.1) is 10.1 Å². The largest absolute Gasteiger partial charge is 0.480 e. The number of carboxylic acid groups (broad SMARTS) is 1. The quantitative estimate of drug-likeness (QED) is 0.642. The summed E-state index contributed by atoms with van der Waals surface area (Å²) in [6.45, 7) is 0. The van der Waals surface area contributed by atoms with Gasteiger partial charge < -0.3 is 10.4 Å². The van der Waals surface area contributed by atoms with Crippen molar-refractivity contribution in [3.05, 3.63) is 16.3 Å². The molecular formula is C10H13N3O4S. The maximum Gasteiger partial charge on any atom is 0.345 e. The van der Waals surface area contributed by atoms with Gasteiger partial charge in [-0.3, -0.25) is 10.1 Å². The summed E-state index contributed by atoms with van der Waals surface area (Å²) in [5.74, 6) is -0.917. The van der Waals surface area contributed by atoms with Crippen LogP contribution in [0.4, 0.5) is 10.1 Å². The topological polar surface area (TPSA) is 105 Å². The van der Waals surface area contributed by atoms with E-state index in [2.05, 4.69) is 10.3 Å². The van der Waals surface area contributed by atoms with E-state index in [1.165, 1.54) is 0 Å². The third-order valence-electron chi connectivity index (χ3n) is 3.14. The molecule has 18 heavy (non-hydrogen) atoms. The van der Waals surface area contributed by atoms with Crippen molar-refractivity contribution in [3.63, 3.8) is 0 Å². The Hall–Kier alpha value is -1.70. The zero-order valence-electron chi connectivity index (χ0n) is 9.59. The number of hydrogen-bond acceptors (Lipinski definition) is 6. The second kappa shape index (κ2) is 4.89. The van der Waals surface area contributed by atoms with Crippen LogP contribution in [0.2, 0.25) is 0 Å². The zero-order valence-corrected chi connectivity index (χ0v) is 10.4. The zero-order chi connectivity index (χ0) is 13.2. The summed E-state index contributed by atoms with van der Waals surface area (Å²) in [6.07, 6.45) is 4.89. The molecule has 2 rings (SSSR count). The van der Waals surface area contributed by atoms with E-state index in [1.807, 2.05) is 0 Å². The van der Waals surface area contributed by atoms with Gasteiger partial charge in [-0.05, 0) is 24.2 Å². The number of carboxylic acids is 1. The Bertz CT molecular complexity index is 467. The molecule has 98 valence electrons. The SMILES string of the molecule is O=C(O)C1(Nc2ncc([N+](=O)[O-])s2)CCCCC1. The Labute approximate surface area is 107 Å². The van der Waals surface area contributed by atoms with Crippen LogP contribution in [0.15, 0.2) is 6.20 Å². The summed E-state index contributed by atoms with van der Waals surface area (Å²) >= 11 is 0.866. The predicted octanol–water partition coefficient (Wildman–Crippen LogP) is 2.25. The average molecular weight is 271 g/mol. The third kappa shape index (κ3) is 2.42. The summed E-state index contributed by atoms with van der Waals surface area (Å²) in [4.78, 5) is 25.3. The Morgan fingerprint density at radius 2 is 2.17 bits per heavy atom. The Balaban J connectivity index is 2.17. The first-order valence-corrected chi connectivity index (χ1v) is 6.47. The molecule has 2 N–H and O–H groups in total. The number of nitrogens with zero attached hydrogens (tertiary/aromatic N) is 2. The van der Waals surface area contributed by atoms with Crippen molar-refractivity contribution in [1.82, 2.24) is 4.98 Å². The van der Waals surface area contributed by atoms with Gasteiger partial charge in [0.05, 0.1) is 4.92 Å². The van der Waals surface area contributed by atoms with Gasteiger partial charge in [0.1, 0.15) is 11.7 Å². The van der Waals surface area contributed by atoms with Gasteiger partial charge in [-0.2, -0.15) is 0 Å². The molecule has 0 atom stereocenters. The van der Waals surface area contributed by atoms with Gasteiger partial charge in [-0.25, -0.2) is 9.78 Å². The van der Waals surface area contributed by atoms with Crippen LogP contribution >= 0.6 is 11.3 Å². The number of rotatable bonds is 4. The van der Waals surface area contributed by atoms with Crippen molar-refractivity contribution in [2.75, 3.05) is 5.32 Å². The molecule has 0 unspecified atom stereocenters. The van der Waals surface area contributed by atoms with Crippen molar-refractivity contribution in [2.24, 2.45) is 0 Å². The van der Waals surface area contributed by atoms with Crippen LogP contribution in [-0.2, 0) is 4.79 Å². The van der Waals surface area contributed by atoms with Crippen molar-refractivity contribution in [2.45, 2.75) is 37.6 Å². The molecule has 0 amide bonds. The summed E-state index contributed by atoms with van der Waals surface area (Å²) < 4.78 is 0. The molecule has 1 heterocycles. The second-order valence-electron chi connectivity index (χ2n) is 4.33. The fourth-order valence-corrected chi connectivity index (χ4v) is 2.89. The number of aliphatic carboxylic acids is 1. The second-order valence-corrected chi connectivity index (χ2v) is 5.34. The number of thiazole rings is 1. The van der Waals surface area contributed by atoms with Gasteiger partial charge in [0.25, 0.3) is 0 Å². The molecule has 0 saturated heterocycles. The van der Waals surface area contributed by atoms with Crippen LogP contribution < -0.4 is 5.32 Å². The summed E-state index contributed by atoms with van der Waals surface area (Å²) in [5, 5.41) is 23.0. The number of carbonyl (C=O) groups is 1. The monoisotopic (exact) mass is 271 g/mol. The Kier molecular flexibility index (Phi) is 3.46. The minimum absolute atomic E-state index is 0.0890. The molecule has 1 fully saturated rings. The smallest absolute Gasteiger partial charge is 0.345 e. The van der Waals surface area contributed by atoms with Gasteiger partial charge in [0.15, 0.2) is 5.13 Å². The molecule has 0 radical (unpaired) electrons. The Morgan fingerprint density at radius 3 is 2.67 bits per heavy atom. The van der Waals surface area contributed by atoms with E-state index in [-0.39, 0.29) is 5.00 Å². The van der Waals surface area contributed by atoms with E-state index in [0.717, 1.165) is 36.8 Å². The number of anilines is 1. The minimum Gasteiger partial charge on any atom is -0.480 e. The van der Waals surface area contributed by atoms with E-state index in [0.29, 0.717) is 18.0 Å². The molecule has 0 aromatic carbocycles. The van der Waals surface area contributed by atoms with Crippen LogP contribution in [-0.4, -0.2) is 26.5 Å². The van der Waals surface area contributed by atoms with Crippen molar-refractivity contribution < 1.29 is 14.8 Å². The number of aromatic nitrogens is 1. The highest BCUT2D eigenvalue weighted by Gasteiger charge is 2.40. The molecule has 7 nitrogen and oxygen atoms in total. The standard InChI is InChI=1S/C10H13N3O4S/c14-8(15)10(4-2-1-3-5-10)12-9-11-6-7(18-9)13(16)17/h6H,1-5H2,(H,11,12)(H,14,15). The molecule has 1 aliphatic rings. The van der Waals surface area contributed by atoms with Gasteiger partial charge in [-0.1, -0.05) is 19.3 Å². The number of nitro groups is 1. The predicted molar refractivity (Wildman–Crippen MR) is 65.8 cm³/mol. The average Bonchev–Trinajstić information content (AvgIpc) is 2.78. The molecular weight excluding hydrogens is 258 g/mol. The maximum atomic E-state index is 11.4. The van der Waals surface area contributed by atoms with Crippen LogP contribution in [0.3, 0.4) is 0 Å². The fraction of sp³-hybridized carbons (Fsp3) is 0.600. The van der Waals surface area contributed by atoms with Crippen LogP contribution in [0.1, 0.15) is 32.1 Å². The van der Waals surface area contributed by atoms with E-state index < -0.39 is 16.4 Å². The van der Waals surface area contributed by atoms with Gasteiger partial charge in [0, 0.05) is 0 Å². The molecule has 1 aromatic rings. The first-order chi connectivity index (χ1) is 8.53. The molecule has 0 spiro atoms. The Morgan fingerprint density at radius 1 is 1.50 bits per heavy atom. The highest BCUT2D eigenvalue weighted by Crippen LogP contribution is 2.34. The lowest BCUT2D eigenvalue weighted by Crippen LogP contribution is -2.47. The fourth-order valence-electron chi connectivity index (χ4n) is 2.16. The van der Waals surface area contributed by atoms with Gasteiger partial charge in [0.2, 0.25) is 0 Å². The molecule has 0 bridgehead atoms. The van der Waals surface area contributed by atoms with Gasteiger partial charge >= 0.3 is 11.0 Å². The van der Waals surface area contributed by atoms with E-state index in [4.69, 9.17) is 0 Å². The minimum atomic E-state index is -1.02. The lowest BCUT2D eigenvalue weighted by atomic mass is 9.82. The van der Waals surface area contributed by atoms with Crippen LogP contribution in [0.25, 0.3) is 0 Å². The first-order valence-electron chi connectivity index (χ1n) is 5.65. The highest BCUT2D eigenvalue weighted by atomic mass is 32.1. The number of nitrogens with one attached hydrogen (secondary N) is 1. The molecule has 1 saturated carbocycles. The number of hydrogen-bond donors (Lipinski definition) is 2. The van der Waals surface area contributed by atoms with E-state index in [9.17, 15) is 20.0 Å². The summed E-state index contributed by atoms with van der Waals surface area (Å²) in [5.41, 5.74) is -1.02. The lowest BCUT2D eigenvalue weighted by Gasteiger charge is -2.33. The van der Waals surface area contributed by atoms with E-state index >= 15 is 0 Å². The van der Waals surface area contributed by atoms with Crippen LogP contribution in [0.5, 0.6) is 0 Å². The summed E-state index contributed by atoms with van der Waals surface area (Å²) in [6, 6.07) is 0. The molecule has 8 heteroatoms.